The molecular formula is C20H25BrN6O2. The standard InChI is InChI=1S/C20H25BrN6O2/c1-3-22-17-9-13(2)25-20(26-17)24-8-7-23-19(29)14-10-18(28)27(12-14)16-6-4-5-15(21)11-16/h4-6,9,11,14H,3,7-8,10,12H2,1-2H3,(H,23,29)(H2,22,24,25,26). The zero-order valence-electron chi connectivity index (χ0n) is 16.5. The lowest BCUT2D eigenvalue weighted by molar-refractivity contribution is -0.126. The number of aryl methyl sites for hydroxylation is 1. The van der Waals surface area contributed by atoms with Gasteiger partial charge in [0.2, 0.25) is 17.8 Å². The van der Waals surface area contributed by atoms with Crippen LogP contribution in [0.5, 0.6) is 0 Å². The Kier molecular flexibility index (Phi) is 7.03. The van der Waals surface area contributed by atoms with Gasteiger partial charge in [0.05, 0.1) is 5.92 Å². The summed E-state index contributed by atoms with van der Waals surface area (Å²) in [5, 5.41) is 9.17. The molecule has 1 aliphatic rings. The summed E-state index contributed by atoms with van der Waals surface area (Å²) in [5.41, 5.74) is 1.66. The van der Waals surface area contributed by atoms with Crippen LogP contribution in [-0.4, -0.2) is 48.0 Å². The van der Waals surface area contributed by atoms with Crippen molar-refractivity contribution in [3.05, 3.63) is 40.5 Å². The lowest BCUT2D eigenvalue weighted by atomic mass is 10.1. The van der Waals surface area contributed by atoms with E-state index < -0.39 is 0 Å². The Hall–Kier alpha value is -2.68. The smallest absolute Gasteiger partial charge is 0.227 e. The number of aromatic nitrogens is 2. The molecule has 0 spiro atoms. The highest BCUT2D eigenvalue weighted by atomic mass is 79.9. The molecule has 154 valence electrons. The van der Waals surface area contributed by atoms with Crippen molar-refractivity contribution in [3.63, 3.8) is 0 Å². The van der Waals surface area contributed by atoms with Gasteiger partial charge in [-0.05, 0) is 32.0 Å². The summed E-state index contributed by atoms with van der Waals surface area (Å²) in [4.78, 5) is 35.2. The van der Waals surface area contributed by atoms with E-state index in [0.717, 1.165) is 28.2 Å². The van der Waals surface area contributed by atoms with Gasteiger partial charge in [-0.2, -0.15) is 4.98 Å². The lowest BCUT2D eigenvalue weighted by Crippen LogP contribution is -2.35. The van der Waals surface area contributed by atoms with E-state index in [9.17, 15) is 9.59 Å². The quantitative estimate of drug-likeness (QED) is 0.523. The molecule has 0 aliphatic carbocycles. The van der Waals surface area contributed by atoms with Gasteiger partial charge in [-0.15, -0.1) is 0 Å². The molecule has 1 aromatic carbocycles. The third kappa shape index (κ3) is 5.66. The number of halogens is 1. The minimum absolute atomic E-state index is 0.0366. The summed E-state index contributed by atoms with van der Waals surface area (Å²) in [6.07, 6.45) is 0.221. The number of carbonyl (C=O) groups excluding carboxylic acids is 2. The van der Waals surface area contributed by atoms with Crippen LogP contribution >= 0.6 is 15.9 Å². The maximum absolute atomic E-state index is 12.5. The van der Waals surface area contributed by atoms with Crippen LogP contribution in [0.15, 0.2) is 34.8 Å². The Morgan fingerprint density at radius 2 is 2.07 bits per heavy atom. The first kappa shape index (κ1) is 21.0. The molecule has 2 aromatic rings. The molecule has 2 heterocycles. The first-order valence-corrected chi connectivity index (χ1v) is 10.4. The first-order valence-electron chi connectivity index (χ1n) is 9.63. The van der Waals surface area contributed by atoms with Crippen LogP contribution < -0.4 is 20.9 Å². The molecule has 3 rings (SSSR count). The van der Waals surface area contributed by atoms with Crippen LogP contribution in [0.1, 0.15) is 19.0 Å². The highest BCUT2D eigenvalue weighted by molar-refractivity contribution is 9.10. The Balaban J connectivity index is 1.47. The molecule has 1 unspecified atom stereocenters. The minimum Gasteiger partial charge on any atom is -0.370 e. The summed E-state index contributed by atoms with van der Waals surface area (Å²) >= 11 is 3.41. The van der Waals surface area contributed by atoms with Crippen LogP contribution in [0.2, 0.25) is 0 Å². The van der Waals surface area contributed by atoms with Gasteiger partial charge in [-0.1, -0.05) is 22.0 Å². The number of amides is 2. The zero-order valence-corrected chi connectivity index (χ0v) is 18.1. The van der Waals surface area contributed by atoms with Gasteiger partial charge in [0.25, 0.3) is 0 Å². The van der Waals surface area contributed by atoms with E-state index in [1.165, 1.54) is 0 Å². The van der Waals surface area contributed by atoms with Crippen molar-refractivity contribution in [2.75, 3.05) is 41.7 Å². The number of nitrogens with one attached hydrogen (secondary N) is 3. The van der Waals surface area contributed by atoms with E-state index in [0.29, 0.717) is 25.6 Å². The van der Waals surface area contributed by atoms with Gasteiger partial charge in [0.15, 0.2) is 0 Å². The number of hydrogen-bond donors (Lipinski definition) is 3. The fourth-order valence-electron chi connectivity index (χ4n) is 3.20. The molecule has 8 nitrogen and oxygen atoms in total. The van der Waals surface area contributed by atoms with Crippen LogP contribution in [-0.2, 0) is 9.59 Å². The number of benzene rings is 1. The predicted molar refractivity (Wildman–Crippen MR) is 117 cm³/mol. The molecule has 1 saturated heterocycles. The monoisotopic (exact) mass is 460 g/mol. The molecule has 1 fully saturated rings. The second-order valence-corrected chi connectivity index (χ2v) is 7.77. The van der Waals surface area contributed by atoms with Crippen LogP contribution in [0.3, 0.4) is 0 Å². The molecule has 0 bridgehead atoms. The van der Waals surface area contributed by atoms with Gasteiger partial charge in [-0.3, -0.25) is 9.59 Å². The average molecular weight is 461 g/mol. The van der Waals surface area contributed by atoms with Crippen molar-refractivity contribution in [3.8, 4) is 0 Å². The topological polar surface area (TPSA) is 99.2 Å². The molecule has 0 saturated carbocycles. The van der Waals surface area contributed by atoms with Gasteiger partial charge in [0, 0.05) is 54.5 Å². The Morgan fingerprint density at radius 3 is 2.83 bits per heavy atom. The van der Waals surface area contributed by atoms with Crippen molar-refractivity contribution >= 4 is 45.2 Å². The lowest BCUT2D eigenvalue weighted by Gasteiger charge is -2.17. The van der Waals surface area contributed by atoms with E-state index >= 15 is 0 Å². The summed E-state index contributed by atoms with van der Waals surface area (Å²) < 4.78 is 0.900. The molecule has 9 heteroatoms. The van der Waals surface area contributed by atoms with Crippen molar-refractivity contribution in [1.82, 2.24) is 15.3 Å². The molecule has 1 aromatic heterocycles. The molecule has 1 aliphatic heterocycles. The molecule has 1 atom stereocenters. The number of nitrogens with zero attached hydrogens (tertiary/aromatic N) is 3. The van der Waals surface area contributed by atoms with Crippen LogP contribution in [0, 0.1) is 12.8 Å². The summed E-state index contributed by atoms with van der Waals surface area (Å²) in [5.74, 6) is 0.786. The van der Waals surface area contributed by atoms with Gasteiger partial charge < -0.3 is 20.9 Å². The summed E-state index contributed by atoms with van der Waals surface area (Å²) in [6, 6.07) is 9.41. The molecule has 2 amide bonds. The Bertz CT molecular complexity index is 891. The maximum Gasteiger partial charge on any atom is 0.227 e. The maximum atomic E-state index is 12.5. The average Bonchev–Trinajstić information content (AvgIpc) is 3.07. The summed E-state index contributed by atoms with van der Waals surface area (Å²) in [6.45, 7) is 6.00. The fourth-order valence-corrected chi connectivity index (χ4v) is 3.59. The predicted octanol–water partition coefficient (Wildman–Crippen LogP) is 2.56. The van der Waals surface area contributed by atoms with Gasteiger partial charge in [0.1, 0.15) is 5.82 Å². The largest absolute Gasteiger partial charge is 0.370 e. The summed E-state index contributed by atoms with van der Waals surface area (Å²) in [7, 11) is 0. The van der Waals surface area contributed by atoms with E-state index in [4.69, 9.17) is 0 Å². The van der Waals surface area contributed by atoms with Gasteiger partial charge >= 0.3 is 0 Å². The Labute approximate surface area is 178 Å². The number of hydrogen-bond acceptors (Lipinski definition) is 6. The van der Waals surface area contributed by atoms with Gasteiger partial charge in [-0.25, -0.2) is 4.98 Å². The number of anilines is 3. The van der Waals surface area contributed by atoms with Crippen molar-refractivity contribution < 1.29 is 9.59 Å². The van der Waals surface area contributed by atoms with E-state index in [1.54, 1.807) is 4.90 Å². The SMILES string of the molecule is CCNc1cc(C)nc(NCCNC(=O)C2CC(=O)N(c3cccc(Br)c3)C2)n1. The normalized spacial score (nSPS) is 16.0. The highest BCUT2D eigenvalue weighted by Gasteiger charge is 2.34. The molecule has 29 heavy (non-hydrogen) atoms. The second kappa shape index (κ2) is 9.69. The van der Waals surface area contributed by atoms with Crippen molar-refractivity contribution in [1.29, 1.82) is 0 Å². The number of rotatable bonds is 8. The molecular weight excluding hydrogens is 436 g/mol. The zero-order chi connectivity index (χ0) is 20.8. The Morgan fingerprint density at radius 1 is 1.24 bits per heavy atom. The number of carbonyl (C=O) groups is 2. The minimum atomic E-state index is -0.350. The van der Waals surface area contributed by atoms with Crippen molar-refractivity contribution in [2.45, 2.75) is 20.3 Å². The first-order chi connectivity index (χ1) is 14.0. The van der Waals surface area contributed by atoms with E-state index in [2.05, 4.69) is 41.8 Å². The van der Waals surface area contributed by atoms with Crippen molar-refractivity contribution in [2.24, 2.45) is 5.92 Å². The van der Waals surface area contributed by atoms with E-state index in [1.807, 2.05) is 44.2 Å². The molecule has 0 radical (unpaired) electrons. The van der Waals surface area contributed by atoms with Crippen LogP contribution in [0.4, 0.5) is 17.5 Å². The third-order valence-electron chi connectivity index (χ3n) is 4.54. The molecule has 3 N–H and O–H groups in total. The third-order valence-corrected chi connectivity index (χ3v) is 5.03. The second-order valence-electron chi connectivity index (χ2n) is 6.85. The highest BCUT2D eigenvalue weighted by Crippen LogP contribution is 2.27. The van der Waals surface area contributed by atoms with E-state index in [-0.39, 0.29) is 24.2 Å². The van der Waals surface area contributed by atoms with Crippen LogP contribution in [0.25, 0.3) is 0 Å². The fraction of sp³-hybridized carbons (Fsp3) is 0.400.